The normalized spacial score (nSPS) is 19.6. The zero-order chi connectivity index (χ0) is 31.7. The van der Waals surface area contributed by atoms with Crippen LogP contribution < -0.4 is 4.90 Å². The number of nitrogens with zero attached hydrogens (tertiary/aromatic N) is 2. The van der Waals surface area contributed by atoms with E-state index in [0.29, 0.717) is 56.4 Å². The molecule has 2 heterocycles. The quantitative estimate of drug-likeness (QED) is 0.199. The predicted octanol–water partition coefficient (Wildman–Crippen LogP) is 5.62. The van der Waals surface area contributed by atoms with Crippen LogP contribution in [0.25, 0.3) is 0 Å². The molecule has 0 spiro atoms. The standard InChI is InChI=1S/C32H46N2O8S/c1-8-25(29(36)33-15-17-39-18-16-33)34(28(35)23-11-9-22(4)10-12-23)26-19-24(13-14-32(5,6)7)43-27(26)30(37)40-20-41-31(38)42-21(2)3/h19,21-23,25H,8-12,15-18,20H2,1-7H3. The van der Waals surface area contributed by atoms with Gasteiger partial charge in [-0.15, -0.1) is 11.3 Å². The van der Waals surface area contributed by atoms with Gasteiger partial charge >= 0.3 is 12.1 Å². The second-order valence-corrected chi connectivity index (χ2v) is 13.5. The number of anilines is 1. The second-order valence-electron chi connectivity index (χ2n) is 12.5. The summed E-state index contributed by atoms with van der Waals surface area (Å²) in [4.78, 5) is 57.5. The molecule has 0 N–H and O–H groups in total. The molecule has 0 radical (unpaired) electrons. The van der Waals surface area contributed by atoms with Crippen LogP contribution in [0.2, 0.25) is 0 Å². The zero-order valence-corrected chi connectivity index (χ0v) is 27.3. The minimum Gasteiger partial charge on any atom is -0.431 e. The van der Waals surface area contributed by atoms with Gasteiger partial charge in [-0.2, -0.15) is 0 Å². The van der Waals surface area contributed by atoms with Gasteiger partial charge < -0.3 is 23.8 Å². The Morgan fingerprint density at radius 3 is 2.33 bits per heavy atom. The molecule has 1 saturated carbocycles. The van der Waals surface area contributed by atoms with E-state index >= 15 is 0 Å². The molecule has 0 bridgehead atoms. The number of carbonyl (C=O) groups excluding carboxylic acids is 4. The molecule has 238 valence electrons. The minimum absolute atomic E-state index is 0.116. The average Bonchev–Trinajstić information content (AvgIpc) is 3.38. The maximum atomic E-state index is 14.4. The summed E-state index contributed by atoms with van der Waals surface area (Å²) in [6.07, 6.45) is 2.26. The van der Waals surface area contributed by atoms with Crippen molar-refractivity contribution in [2.75, 3.05) is 38.0 Å². The van der Waals surface area contributed by atoms with Crippen LogP contribution in [-0.4, -0.2) is 74.1 Å². The third kappa shape index (κ3) is 9.97. The molecule has 0 aromatic carbocycles. The summed E-state index contributed by atoms with van der Waals surface area (Å²) in [5.74, 6) is 5.41. The fraction of sp³-hybridized carbons (Fsp3) is 0.688. The first kappa shape index (κ1) is 34.4. The van der Waals surface area contributed by atoms with E-state index in [-0.39, 0.29) is 33.7 Å². The lowest BCUT2D eigenvalue weighted by Gasteiger charge is -2.38. The van der Waals surface area contributed by atoms with Crippen molar-refractivity contribution in [1.82, 2.24) is 4.90 Å². The maximum Gasteiger partial charge on any atom is 0.511 e. The Morgan fingerprint density at radius 1 is 1.09 bits per heavy atom. The molecule has 10 nitrogen and oxygen atoms in total. The highest BCUT2D eigenvalue weighted by molar-refractivity contribution is 7.15. The van der Waals surface area contributed by atoms with E-state index in [1.54, 1.807) is 24.8 Å². The number of ether oxygens (including phenoxy) is 4. The maximum absolute atomic E-state index is 14.4. The van der Waals surface area contributed by atoms with Crippen LogP contribution in [0.1, 0.15) is 95.1 Å². The van der Waals surface area contributed by atoms with Crippen LogP contribution in [0.3, 0.4) is 0 Å². The fourth-order valence-corrected chi connectivity index (χ4v) is 5.94. The van der Waals surface area contributed by atoms with Gasteiger partial charge in [-0.25, -0.2) is 9.59 Å². The molecule has 2 aliphatic rings. The van der Waals surface area contributed by atoms with Crippen LogP contribution in [0.4, 0.5) is 10.5 Å². The van der Waals surface area contributed by atoms with Crippen LogP contribution in [-0.2, 0) is 28.5 Å². The Labute approximate surface area is 259 Å². The topological polar surface area (TPSA) is 112 Å². The molecule has 2 fully saturated rings. The number of hydrogen-bond donors (Lipinski definition) is 0. The van der Waals surface area contributed by atoms with Crippen molar-refractivity contribution in [3.8, 4) is 11.8 Å². The first-order chi connectivity index (χ1) is 20.3. The van der Waals surface area contributed by atoms with Gasteiger partial charge in [-0.3, -0.25) is 14.5 Å². The van der Waals surface area contributed by atoms with Gasteiger partial charge in [-0.05, 0) is 78.7 Å². The summed E-state index contributed by atoms with van der Waals surface area (Å²) in [5, 5.41) is 0. The Balaban J connectivity index is 2.04. The van der Waals surface area contributed by atoms with E-state index in [1.165, 1.54) is 4.90 Å². The number of rotatable bonds is 9. The van der Waals surface area contributed by atoms with E-state index in [4.69, 9.17) is 18.9 Å². The van der Waals surface area contributed by atoms with Crippen LogP contribution in [0, 0.1) is 29.1 Å². The molecule has 11 heteroatoms. The van der Waals surface area contributed by atoms with Crippen molar-refractivity contribution in [2.24, 2.45) is 17.3 Å². The molecule has 43 heavy (non-hydrogen) atoms. The monoisotopic (exact) mass is 618 g/mol. The number of hydrogen-bond acceptors (Lipinski definition) is 9. The summed E-state index contributed by atoms with van der Waals surface area (Å²) >= 11 is 1.09. The van der Waals surface area contributed by atoms with Crippen molar-refractivity contribution in [3.05, 3.63) is 15.8 Å². The molecule has 3 rings (SSSR count). The third-order valence-electron chi connectivity index (χ3n) is 7.33. The molecule has 1 aliphatic heterocycles. The molecule has 1 aliphatic carbocycles. The second kappa shape index (κ2) is 15.6. The summed E-state index contributed by atoms with van der Waals surface area (Å²) < 4.78 is 20.6. The van der Waals surface area contributed by atoms with Gasteiger partial charge in [-0.1, -0.05) is 25.7 Å². The van der Waals surface area contributed by atoms with Gasteiger partial charge in [0.15, 0.2) is 0 Å². The highest BCUT2D eigenvalue weighted by Gasteiger charge is 2.40. The van der Waals surface area contributed by atoms with E-state index < -0.39 is 31.1 Å². The highest BCUT2D eigenvalue weighted by Crippen LogP contribution is 2.37. The molecule has 1 aromatic rings. The number of carbonyl (C=O) groups is 4. The summed E-state index contributed by atoms with van der Waals surface area (Å²) in [6, 6.07) is 0.874. The minimum atomic E-state index is -0.962. The van der Waals surface area contributed by atoms with Gasteiger partial charge in [0.1, 0.15) is 10.9 Å². The molecule has 1 unspecified atom stereocenters. The Kier molecular flexibility index (Phi) is 12.5. The van der Waals surface area contributed by atoms with Gasteiger partial charge in [0, 0.05) is 24.4 Å². The van der Waals surface area contributed by atoms with Crippen molar-refractivity contribution in [3.63, 3.8) is 0 Å². The van der Waals surface area contributed by atoms with E-state index in [2.05, 4.69) is 18.8 Å². The largest absolute Gasteiger partial charge is 0.511 e. The van der Waals surface area contributed by atoms with Gasteiger partial charge in [0.2, 0.25) is 18.6 Å². The Morgan fingerprint density at radius 2 is 1.74 bits per heavy atom. The predicted molar refractivity (Wildman–Crippen MR) is 164 cm³/mol. The van der Waals surface area contributed by atoms with Crippen LogP contribution in [0.5, 0.6) is 0 Å². The van der Waals surface area contributed by atoms with Crippen molar-refractivity contribution >= 4 is 41.0 Å². The summed E-state index contributed by atoms with van der Waals surface area (Å²) in [6.45, 7) is 14.4. The molecular formula is C32H46N2O8S. The number of morpholine rings is 1. The molecule has 1 aromatic heterocycles. The third-order valence-corrected chi connectivity index (χ3v) is 8.35. The highest BCUT2D eigenvalue weighted by atomic mass is 32.1. The van der Waals surface area contributed by atoms with Gasteiger partial charge in [0.05, 0.1) is 29.9 Å². The van der Waals surface area contributed by atoms with Crippen LogP contribution >= 0.6 is 11.3 Å². The molecule has 1 saturated heterocycles. The summed E-state index contributed by atoms with van der Waals surface area (Å²) in [5.41, 5.74) is -0.0165. The summed E-state index contributed by atoms with van der Waals surface area (Å²) in [7, 11) is 0. The number of amides is 2. The molecular weight excluding hydrogens is 572 g/mol. The first-order valence-electron chi connectivity index (χ1n) is 15.2. The van der Waals surface area contributed by atoms with E-state index in [9.17, 15) is 19.2 Å². The average molecular weight is 619 g/mol. The van der Waals surface area contributed by atoms with Crippen LogP contribution in [0.15, 0.2) is 6.07 Å². The van der Waals surface area contributed by atoms with E-state index in [0.717, 1.165) is 24.2 Å². The first-order valence-corrected chi connectivity index (χ1v) is 16.0. The van der Waals surface area contributed by atoms with Gasteiger partial charge in [0.25, 0.3) is 0 Å². The smallest absolute Gasteiger partial charge is 0.431 e. The van der Waals surface area contributed by atoms with Crippen molar-refractivity contribution in [2.45, 2.75) is 92.7 Å². The number of esters is 1. The lowest BCUT2D eigenvalue weighted by Crippen LogP contribution is -2.55. The Bertz CT molecular complexity index is 1190. The fourth-order valence-electron chi connectivity index (χ4n) is 5.05. The SMILES string of the molecule is CCC(C(=O)N1CCOCC1)N(C(=O)C1CCC(C)CC1)c1cc(C#CC(C)(C)C)sc1C(=O)OCOC(=O)OC(C)C. The van der Waals surface area contributed by atoms with Crippen molar-refractivity contribution in [1.29, 1.82) is 0 Å². The number of thiophene rings is 1. The Hall–Kier alpha value is -3.10. The van der Waals surface area contributed by atoms with E-state index in [1.807, 2.05) is 27.7 Å². The lowest BCUT2D eigenvalue weighted by atomic mass is 9.82. The lowest BCUT2D eigenvalue weighted by molar-refractivity contribution is -0.139. The molecule has 2 amide bonds. The molecule has 1 atom stereocenters. The van der Waals surface area contributed by atoms with Crippen molar-refractivity contribution < 1.29 is 38.1 Å². The zero-order valence-electron chi connectivity index (χ0n) is 26.5.